The van der Waals surface area contributed by atoms with Gasteiger partial charge in [0.2, 0.25) is 0 Å². The second-order valence-electron chi connectivity index (χ2n) is 8.18. The average molecular weight is 521 g/mol. The van der Waals surface area contributed by atoms with Crippen molar-refractivity contribution in [1.82, 2.24) is 4.90 Å². The van der Waals surface area contributed by atoms with Crippen LogP contribution in [0.3, 0.4) is 0 Å². The predicted octanol–water partition coefficient (Wildman–Crippen LogP) is 6.07. The Labute approximate surface area is 218 Å². The molecular formula is C27H24N2O5S2. The fourth-order valence-electron chi connectivity index (χ4n) is 3.55. The number of benzene rings is 3. The molecule has 1 amide bonds. The van der Waals surface area contributed by atoms with Crippen LogP contribution in [-0.2, 0) is 11.3 Å². The van der Waals surface area contributed by atoms with Crippen LogP contribution in [-0.4, -0.2) is 33.3 Å². The van der Waals surface area contributed by atoms with Crippen LogP contribution in [0.4, 0.5) is 5.69 Å². The molecule has 0 atom stereocenters. The highest BCUT2D eigenvalue weighted by atomic mass is 32.2. The maximum Gasteiger partial charge on any atom is 0.270 e. The largest absolute Gasteiger partial charge is 0.490 e. The molecular weight excluding hydrogens is 496 g/mol. The number of aryl methyl sites for hydroxylation is 2. The van der Waals surface area contributed by atoms with E-state index in [1.807, 2.05) is 62.4 Å². The first-order chi connectivity index (χ1) is 17.3. The SMILES string of the molecule is Cc1ccc(OCCOc2ccc([N+](=O)[O-])cc2/C=C2\SC(=S)N(Cc3ccccc3)C2=O)cc1C. The minimum Gasteiger partial charge on any atom is -0.490 e. The van der Waals surface area contributed by atoms with E-state index < -0.39 is 4.92 Å². The molecule has 1 aliphatic heterocycles. The van der Waals surface area contributed by atoms with Crippen LogP contribution in [0, 0.1) is 24.0 Å². The van der Waals surface area contributed by atoms with Crippen molar-refractivity contribution in [2.24, 2.45) is 0 Å². The Balaban J connectivity index is 1.49. The Bertz CT molecular complexity index is 1340. The van der Waals surface area contributed by atoms with Gasteiger partial charge in [0.25, 0.3) is 11.6 Å². The highest BCUT2D eigenvalue weighted by molar-refractivity contribution is 8.26. The molecule has 0 aliphatic carbocycles. The maximum absolute atomic E-state index is 13.1. The van der Waals surface area contributed by atoms with Gasteiger partial charge in [-0.2, -0.15) is 0 Å². The summed E-state index contributed by atoms with van der Waals surface area (Å²) in [5.41, 5.74) is 3.60. The van der Waals surface area contributed by atoms with E-state index in [9.17, 15) is 14.9 Å². The lowest BCUT2D eigenvalue weighted by Crippen LogP contribution is -2.27. The number of amides is 1. The smallest absolute Gasteiger partial charge is 0.270 e. The Morgan fingerprint density at radius 1 is 1.00 bits per heavy atom. The average Bonchev–Trinajstić information content (AvgIpc) is 3.12. The van der Waals surface area contributed by atoms with Crippen molar-refractivity contribution in [3.63, 3.8) is 0 Å². The van der Waals surface area contributed by atoms with E-state index >= 15 is 0 Å². The van der Waals surface area contributed by atoms with Gasteiger partial charge in [-0.3, -0.25) is 19.8 Å². The van der Waals surface area contributed by atoms with E-state index in [4.69, 9.17) is 21.7 Å². The molecule has 1 heterocycles. The number of carbonyl (C=O) groups is 1. The number of nitro groups is 1. The van der Waals surface area contributed by atoms with Gasteiger partial charge in [-0.15, -0.1) is 0 Å². The molecule has 184 valence electrons. The van der Waals surface area contributed by atoms with Gasteiger partial charge in [0.05, 0.1) is 16.4 Å². The molecule has 0 unspecified atom stereocenters. The van der Waals surface area contributed by atoms with Gasteiger partial charge in [-0.1, -0.05) is 60.4 Å². The van der Waals surface area contributed by atoms with E-state index in [0.29, 0.717) is 27.1 Å². The summed E-state index contributed by atoms with van der Waals surface area (Å²) < 4.78 is 12.1. The van der Waals surface area contributed by atoms with Crippen LogP contribution < -0.4 is 9.47 Å². The molecule has 9 heteroatoms. The third-order valence-corrected chi connectivity index (χ3v) is 7.01. The number of nitrogens with zero attached hydrogens (tertiary/aromatic N) is 2. The molecule has 7 nitrogen and oxygen atoms in total. The van der Waals surface area contributed by atoms with Crippen molar-refractivity contribution in [2.45, 2.75) is 20.4 Å². The number of ether oxygens (including phenoxy) is 2. The lowest BCUT2D eigenvalue weighted by molar-refractivity contribution is -0.384. The zero-order valence-corrected chi connectivity index (χ0v) is 21.4. The van der Waals surface area contributed by atoms with Crippen LogP contribution in [0.2, 0.25) is 0 Å². The number of carbonyl (C=O) groups excluding carboxylic acids is 1. The van der Waals surface area contributed by atoms with Crippen molar-refractivity contribution in [1.29, 1.82) is 0 Å². The van der Waals surface area contributed by atoms with Gasteiger partial charge < -0.3 is 9.47 Å². The summed E-state index contributed by atoms with van der Waals surface area (Å²) in [5, 5.41) is 11.4. The quantitative estimate of drug-likeness (QED) is 0.111. The van der Waals surface area contributed by atoms with Crippen molar-refractivity contribution in [2.75, 3.05) is 13.2 Å². The number of nitro benzene ring substituents is 1. The van der Waals surface area contributed by atoms with Crippen molar-refractivity contribution < 1.29 is 19.2 Å². The summed E-state index contributed by atoms with van der Waals surface area (Å²) in [5.74, 6) is 0.912. The molecule has 0 bridgehead atoms. The van der Waals surface area contributed by atoms with E-state index in [-0.39, 0.29) is 24.8 Å². The summed E-state index contributed by atoms with van der Waals surface area (Å²) >= 11 is 6.60. The van der Waals surface area contributed by atoms with Crippen LogP contribution in [0.5, 0.6) is 11.5 Å². The predicted molar refractivity (Wildman–Crippen MR) is 145 cm³/mol. The summed E-state index contributed by atoms with van der Waals surface area (Å²) in [7, 11) is 0. The lowest BCUT2D eigenvalue weighted by atomic mass is 10.1. The third-order valence-electron chi connectivity index (χ3n) is 5.64. The second-order valence-corrected chi connectivity index (χ2v) is 9.85. The fraction of sp³-hybridized carbons (Fsp3) is 0.185. The number of hydrogen-bond acceptors (Lipinski definition) is 7. The minimum atomic E-state index is -0.482. The number of rotatable bonds is 9. The standard InChI is InChI=1S/C27H24N2O5S2/c1-18-8-10-23(14-19(18)2)33-12-13-34-24-11-9-22(29(31)32)15-21(24)16-25-26(30)28(27(35)36-25)17-20-6-4-3-5-7-20/h3-11,14-16H,12-13,17H2,1-2H3/b25-16-. The van der Waals surface area contributed by atoms with Crippen LogP contribution in [0.25, 0.3) is 6.08 Å². The molecule has 4 rings (SSSR count). The van der Waals surface area contributed by atoms with Crippen molar-refractivity contribution in [3.8, 4) is 11.5 Å². The van der Waals surface area contributed by atoms with Gasteiger partial charge >= 0.3 is 0 Å². The first kappa shape index (κ1) is 25.4. The zero-order valence-electron chi connectivity index (χ0n) is 19.8. The first-order valence-electron chi connectivity index (χ1n) is 11.2. The topological polar surface area (TPSA) is 81.9 Å². The van der Waals surface area contributed by atoms with Gasteiger partial charge in [0.1, 0.15) is 29.0 Å². The van der Waals surface area contributed by atoms with E-state index in [1.54, 1.807) is 6.08 Å². The molecule has 1 saturated heterocycles. The first-order valence-corrected chi connectivity index (χ1v) is 12.4. The monoisotopic (exact) mass is 520 g/mol. The Kier molecular flexibility index (Phi) is 8.02. The molecule has 3 aromatic rings. The van der Waals surface area contributed by atoms with Crippen molar-refractivity contribution >= 4 is 46.0 Å². The van der Waals surface area contributed by atoms with Gasteiger partial charge in [0.15, 0.2) is 0 Å². The number of non-ortho nitro benzene ring substituents is 1. The van der Waals surface area contributed by atoms with Gasteiger partial charge in [-0.05, 0) is 54.8 Å². The van der Waals surface area contributed by atoms with Gasteiger partial charge in [0, 0.05) is 17.7 Å². The summed E-state index contributed by atoms with van der Waals surface area (Å²) in [4.78, 5) is 25.9. The van der Waals surface area contributed by atoms with Crippen LogP contribution in [0.1, 0.15) is 22.3 Å². The fourth-order valence-corrected chi connectivity index (χ4v) is 4.80. The number of thioether (sulfide) groups is 1. The van der Waals surface area contributed by atoms with Crippen molar-refractivity contribution in [3.05, 3.63) is 104 Å². The van der Waals surface area contributed by atoms with Crippen LogP contribution in [0.15, 0.2) is 71.6 Å². The maximum atomic E-state index is 13.1. The minimum absolute atomic E-state index is 0.0975. The highest BCUT2D eigenvalue weighted by Crippen LogP contribution is 2.36. The van der Waals surface area contributed by atoms with Crippen LogP contribution >= 0.6 is 24.0 Å². The zero-order chi connectivity index (χ0) is 25.7. The number of thiocarbonyl (C=S) groups is 1. The van der Waals surface area contributed by atoms with E-state index in [0.717, 1.165) is 16.9 Å². The molecule has 1 fully saturated rings. The highest BCUT2D eigenvalue weighted by Gasteiger charge is 2.32. The Morgan fingerprint density at radius 3 is 2.47 bits per heavy atom. The Morgan fingerprint density at radius 2 is 1.75 bits per heavy atom. The molecule has 0 N–H and O–H groups in total. The molecule has 3 aromatic carbocycles. The molecule has 1 aliphatic rings. The second kappa shape index (κ2) is 11.4. The Hall–Kier alpha value is -3.69. The summed E-state index contributed by atoms with van der Waals surface area (Å²) in [6.45, 7) is 4.92. The molecule has 0 spiro atoms. The summed E-state index contributed by atoms with van der Waals surface area (Å²) in [6, 6.07) is 19.7. The van der Waals surface area contributed by atoms with E-state index in [2.05, 4.69) is 0 Å². The van der Waals surface area contributed by atoms with E-state index in [1.165, 1.54) is 40.4 Å². The van der Waals surface area contributed by atoms with Gasteiger partial charge in [-0.25, -0.2) is 0 Å². The molecule has 0 saturated carbocycles. The summed E-state index contributed by atoms with van der Waals surface area (Å²) in [6.07, 6.45) is 1.59. The molecule has 36 heavy (non-hydrogen) atoms. The third kappa shape index (κ3) is 6.10. The lowest BCUT2D eigenvalue weighted by Gasteiger charge is -2.14. The molecule has 0 radical (unpaired) electrons. The number of hydrogen-bond donors (Lipinski definition) is 0. The normalized spacial score (nSPS) is 14.4. The molecule has 0 aromatic heterocycles.